The van der Waals surface area contributed by atoms with Gasteiger partial charge in [0.25, 0.3) is 0 Å². The van der Waals surface area contributed by atoms with Crippen molar-refractivity contribution in [3.05, 3.63) is 0 Å². The van der Waals surface area contributed by atoms with Gasteiger partial charge in [-0.2, -0.15) is 0 Å². The van der Waals surface area contributed by atoms with E-state index in [0.717, 1.165) is 13.1 Å². The Labute approximate surface area is 79.0 Å². The van der Waals surface area contributed by atoms with Crippen molar-refractivity contribution in [3.8, 4) is 0 Å². The molecule has 0 saturated heterocycles. The third kappa shape index (κ3) is 22.4. The van der Waals surface area contributed by atoms with E-state index in [0.29, 0.717) is 5.94 Å². The van der Waals surface area contributed by atoms with Gasteiger partial charge in [0, 0.05) is 0 Å². The van der Waals surface area contributed by atoms with Crippen LogP contribution in [0.3, 0.4) is 0 Å². The van der Waals surface area contributed by atoms with E-state index in [1.165, 1.54) is 11.8 Å². The van der Waals surface area contributed by atoms with Gasteiger partial charge in [0.05, 0.1) is 0 Å². The zero-order valence-corrected chi connectivity index (χ0v) is 9.61. The molecule has 1 atom stereocenters. The van der Waals surface area contributed by atoms with Crippen molar-refractivity contribution < 1.29 is 14.0 Å². The van der Waals surface area contributed by atoms with E-state index in [1.54, 1.807) is 6.26 Å². The molecule has 1 unspecified atom stereocenters. The molecule has 0 heterocycles. The Morgan fingerprint density at radius 1 is 1.50 bits per heavy atom. The van der Waals surface area contributed by atoms with Crippen LogP contribution >= 0.6 is 20.0 Å². The molecule has 0 spiro atoms. The Bertz CT molecular complexity index is 103. The number of hydrogen-bond acceptors (Lipinski definition) is 4. The fourth-order valence-electron chi connectivity index (χ4n) is 0.359. The maximum absolute atomic E-state index is 9.71. The highest BCUT2D eigenvalue weighted by Gasteiger charge is 1.85. The van der Waals surface area contributed by atoms with Crippen LogP contribution in [0.1, 0.15) is 13.8 Å². The Morgan fingerprint density at radius 2 is 2.00 bits per heavy atom. The minimum atomic E-state index is -2.67. The molecule has 2 N–H and O–H groups in total. The van der Waals surface area contributed by atoms with Crippen LogP contribution in [-0.2, 0) is 9.09 Å². The highest BCUT2D eigenvalue weighted by Crippen LogP contribution is 2.15. The molecule has 4 nitrogen and oxygen atoms in total. The van der Waals surface area contributed by atoms with E-state index < -0.39 is 8.25 Å². The first kappa shape index (κ1) is 15.0. The van der Waals surface area contributed by atoms with Crippen molar-refractivity contribution in [2.24, 2.45) is 0 Å². The predicted molar refractivity (Wildman–Crippen MR) is 54.9 cm³/mol. The summed E-state index contributed by atoms with van der Waals surface area (Å²) in [5, 5.41) is 3.11. The predicted octanol–water partition coefficient (Wildman–Crippen LogP) is 1.32. The summed E-state index contributed by atoms with van der Waals surface area (Å²) in [6.07, 6.45) is 1.80. The van der Waals surface area contributed by atoms with E-state index >= 15 is 0 Å². The molecule has 0 radical (unpaired) electrons. The lowest BCUT2D eigenvalue weighted by atomic mass is 10.7. The van der Waals surface area contributed by atoms with E-state index in [1.807, 2.05) is 0 Å². The van der Waals surface area contributed by atoms with Gasteiger partial charge in [0.2, 0.25) is 0 Å². The van der Waals surface area contributed by atoms with Gasteiger partial charge in [-0.05, 0) is 19.3 Å². The van der Waals surface area contributed by atoms with Gasteiger partial charge < -0.3 is 10.2 Å². The van der Waals surface area contributed by atoms with Crippen molar-refractivity contribution in [2.75, 3.05) is 25.3 Å². The van der Waals surface area contributed by atoms with Gasteiger partial charge in [-0.3, -0.25) is 9.09 Å². The zero-order chi connectivity index (χ0) is 9.82. The number of hydrogen-bond donors (Lipinski definition) is 2. The second-order valence-corrected chi connectivity index (χ2v) is 3.41. The lowest BCUT2D eigenvalue weighted by molar-refractivity contribution is 0.331. The van der Waals surface area contributed by atoms with Crippen LogP contribution in [-0.4, -0.2) is 30.2 Å². The van der Waals surface area contributed by atoms with Gasteiger partial charge in [0.15, 0.2) is 0 Å². The smallest absolute Gasteiger partial charge is 0.317 e. The Kier molecular flexibility index (Phi) is 17.5. The first-order valence-corrected chi connectivity index (χ1v) is 6.40. The van der Waals surface area contributed by atoms with E-state index in [2.05, 4.69) is 23.7 Å². The van der Waals surface area contributed by atoms with Crippen LogP contribution < -0.4 is 5.32 Å². The Balaban J connectivity index is 0. The summed E-state index contributed by atoms with van der Waals surface area (Å²) < 4.78 is 14.0. The van der Waals surface area contributed by atoms with Gasteiger partial charge in [-0.1, -0.05) is 13.8 Å². The summed E-state index contributed by atoms with van der Waals surface area (Å²) in [5.41, 5.74) is 0. The minimum Gasteiger partial charge on any atom is -0.326 e. The summed E-state index contributed by atoms with van der Waals surface area (Å²) in [4.78, 5) is 7.99. The van der Waals surface area contributed by atoms with Crippen molar-refractivity contribution in [2.45, 2.75) is 13.8 Å². The average molecular weight is 215 g/mol. The molecule has 0 rings (SSSR count). The van der Waals surface area contributed by atoms with Crippen LogP contribution in [0.5, 0.6) is 0 Å². The molecule has 0 aliphatic rings. The average Bonchev–Trinajstić information content (AvgIpc) is 2.03. The monoisotopic (exact) mass is 215 g/mol. The zero-order valence-electron chi connectivity index (χ0n) is 7.79. The molecular weight excluding hydrogens is 197 g/mol. The molecule has 0 fully saturated rings. The van der Waals surface area contributed by atoms with Crippen LogP contribution in [0.25, 0.3) is 0 Å². The minimum absolute atomic E-state index is 0.300. The first-order chi connectivity index (χ1) is 5.68. The van der Waals surface area contributed by atoms with Crippen LogP contribution in [0.2, 0.25) is 0 Å². The quantitative estimate of drug-likeness (QED) is 0.535. The lowest BCUT2D eigenvalue weighted by Gasteiger charge is -1.91. The summed E-state index contributed by atoms with van der Waals surface area (Å²) in [7, 11) is -2.67. The first-order valence-electron chi connectivity index (χ1n) is 3.74. The molecular formula is C6H18NO3PS. The van der Waals surface area contributed by atoms with E-state index in [-0.39, 0.29) is 0 Å². The molecule has 6 heteroatoms. The fraction of sp³-hybridized carbons (Fsp3) is 1.00. The van der Waals surface area contributed by atoms with Gasteiger partial charge >= 0.3 is 8.25 Å². The standard InChI is InChI=1S/C4H11N.C2H7O3PS/c1-3-5-4-2;1-7-2-5-6(3)4/h5H,3-4H2,1-2H3;6H,2H2,1H3,(H,3,4). The SMILES string of the molecule is CCNCC.CSCO[PH](=O)O. The number of rotatable bonds is 5. The third-order valence-corrected chi connectivity index (χ3v) is 1.75. The third-order valence-electron chi connectivity index (χ3n) is 0.800. The molecule has 0 aliphatic heterocycles. The molecule has 0 aromatic carbocycles. The van der Waals surface area contributed by atoms with Crippen molar-refractivity contribution >= 4 is 20.0 Å². The maximum Gasteiger partial charge on any atom is 0.317 e. The van der Waals surface area contributed by atoms with Crippen LogP contribution in [0, 0.1) is 0 Å². The number of thioether (sulfide) groups is 1. The summed E-state index contributed by atoms with van der Waals surface area (Å²) in [6, 6.07) is 0. The van der Waals surface area contributed by atoms with E-state index in [4.69, 9.17) is 4.89 Å². The largest absolute Gasteiger partial charge is 0.326 e. The molecule has 0 bridgehead atoms. The molecule has 0 aromatic rings. The molecule has 0 aromatic heterocycles. The summed E-state index contributed by atoms with van der Waals surface area (Å²) in [6.45, 7) is 6.39. The van der Waals surface area contributed by atoms with Gasteiger partial charge in [-0.25, -0.2) is 0 Å². The van der Waals surface area contributed by atoms with Crippen molar-refractivity contribution in [1.82, 2.24) is 5.32 Å². The normalized spacial score (nSPS) is 11.7. The summed E-state index contributed by atoms with van der Waals surface area (Å²) >= 11 is 1.37. The summed E-state index contributed by atoms with van der Waals surface area (Å²) in [5.74, 6) is 0.300. The molecule has 0 aliphatic carbocycles. The second-order valence-electron chi connectivity index (χ2n) is 1.77. The molecule has 76 valence electrons. The second kappa shape index (κ2) is 14.0. The van der Waals surface area contributed by atoms with Crippen LogP contribution in [0.15, 0.2) is 0 Å². The topological polar surface area (TPSA) is 58.6 Å². The van der Waals surface area contributed by atoms with Crippen molar-refractivity contribution in [3.63, 3.8) is 0 Å². The van der Waals surface area contributed by atoms with E-state index in [9.17, 15) is 4.57 Å². The Morgan fingerprint density at radius 3 is 2.08 bits per heavy atom. The number of nitrogens with one attached hydrogen (secondary N) is 1. The van der Waals surface area contributed by atoms with Gasteiger partial charge in [0.1, 0.15) is 5.94 Å². The molecule has 12 heavy (non-hydrogen) atoms. The fourth-order valence-corrected chi connectivity index (χ4v) is 1.23. The van der Waals surface area contributed by atoms with Crippen molar-refractivity contribution in [1.29, 1.82) is 0 Å². The molecule has 0 saturated carbocycles. The molecule has 0 amide bonds. The van der Waals surface area contributed by atoms with Gasteiger partial charge in [-0.15, -0.1) is 11.8 Å². The Hall–Kier alpha value is 0.460. The lowest BCUT2D eigenvalue weighted by Crippen LogP contribution is -2.09. The maximum atomic E-state index is 9.71. The highest BCUT2D eigenvalue weighted by molar-refractivity contribution is 7.98. The highest BCUT2D eigenvalue weighted by atomic mass is 32.2. The van der Waals surface area contributed by atoms with Crippen LogP contribution in [0.4, 0.5) is 0 Å².